The highest BCUT2D eigenvalue weighted by atomic mass is 16.6. The maximum absolute atomic E-state index is 13.2. The summed E-state index contributed by atoms with van der Waals surface area (Å²) in [5, 5.41) is 11.2. The van der Waals surface area contributed by atoms with Crippen LogP contribution in [-0.2, 0) is 22.5 Å². The Morgan fingerprint density at radius 3 is 3.00 bits per heavy atom. The normalized spacial score (nSPS) is 21.3. The molecule has 1 aromatic heterocycles. The van der Waals surface area contributed by atoms with Crippen LogP contribution in [0.3, 0.4) is 0 Å². The van der Waals surface area contributed by atoms with Gasteiger partial charge in [0.15, 0.2) is 0 Å². The SMILES string of the molecule is CN(Cc1ccco1)C(=O)[C@H]1Cc2cc([N+](=O)[O-])ccc2N2CCOC[C@H]12. The fourth-order valence-electron chi connectivity index (χ4n) is 4.01. The summed E-state index contributed by atoms with van der Waals surface area (Å²) in [6.45, 7) is 2.11. The molecule has 2 aliphatic rings. The first-order valence-electron chi connectivity index (χ1n) is 8.93. The zero-order valence-corrected chi connectivity index (χ0v) is 15.0. The summed E-state index contributed by atoms with van der Waals surface area (Å²) in [5.74, 6) is 0.387. The maximum atomic E-state index is 13.2. The Hall–Kier alpha value is -2.87. The molecule has 2 atom stereocenters. The summed E-state index contributed by atoms with van der Waals surface area (Å²) in [6, 6.07) is 8.46. The lowest BCUT2D eigenvalue weighted by atomic mass is 9.84. The first-order valence-corrected chi connectivity index (χ1v) is 8.93. The summed E-state index contributed by atoms with van der Waals surface area (Å²) < 4.78 is 11.0. The van der Waals surface area contributed by atoms with Crippen molar-refractivity contribution in [2.75, 3.05) is 31.7 Å². The highest BCUT2D eigenvalue weighted by Gasteiger charge is 2.41. The van der Waals surface area contributed by atoms with E-state index in [0.717, 1.165) is 17.0 Å². The van der Waals surface area contributed by atoms with Crippen LogP contribution in [0.2, 0.25) is 0 Å². The molecule has 3 heterocycles. The van der Waals surface area contributed by atoms with Gasteiger partial charge in [0.05, 0.1) is 42.9 Å². The van der Waals surface area contributed by atoms with E-state index in [1.54, 1.807) is 36.4 Å². The number of hydrogen-bond donors (Lipinski definition) is 0. The molecule has 0 saturated carbocycles. The molecule has 0 spiro atoms. The number of nitro benzene ring substituents is 1. The van der Waals surface area contributed by atoms with E-state index < -0.39 is 4.92 Å². The second-order valence-corrected chi connectivity index (χ2v) is 6.99. The Balaban J connectivity index is 1.63. The quantitative estimate of drug-likeness (QED) is 0.605. The Labute approximate surface area is 156 Å². The minimum atomic E-state index is -0.397. The fraction of sp³-hybridized carbons (Fsp3) is 0.421. The largest absolute Gasteiger partial charge is 0.467 e. The van der Waals surface area contributed by atoms with Crippen molar-refractivity contribution in [1.82, 2.24) is 4.90 Å². The lowest BCUT2D eigenvalue weighted by Crippen LogP contribution is -2.56. The number of nitrogens with zero attached hydrogens (tertiary/aromatic N) is 3. The van der Waals surface area contributed by atoms with Crippen LogP contribution in [0.15, 0.2) is 41.0 Å². The molecule has 27 heavy (non-hydrogen) atoms. The lowest BCUT2D eigenvalue weighted by molar-refractivity contribution is -0.384. The topological polar surface area (TPSA) is 89.1 Å². The average Bonchev–Trinajstić information content (AvgIpc) is 3.19. The fourth-order valence-corrected chi connectivity index (χ4v) is 4.01. The summed E-state index contributed by atoms with van der Waals surface area (Å²) in [4.78, 5) is 27.7. The maximum Gasteiger partial charge on any atom is 0.269 e. The molecule has 1 fully saturated rings. The second-order valence-electron chi connectivity index (χ2n) is 6.99. The number of ether oxygens (including phenoxy) is 1. The van der Waals surface area contributed by atoms with Gasteiger partial charge < -0.3 is 19.0 Å². The van der Waals surface area contributed by atoms with Crippen molar-refractivity contribution in [3.8, 4) is 0 Å². The number of anilines is 1. The molecule has 2 aliphatic heterocycles. The third kappa shape index (κ3) is 3.28. The van der Waals surface area contributed by atoms with Crippen LogP contribution in [0, 0.1) is 16.0 Å². The summed E-state index contributed by atoms with van der Waals surface area (Å²) in [5.41, 5.74) is 1.86. The van der Waals surface area contributed by atoms with Crippen LogP contribution in [0.5, 0.6) is 0 Å². The summed E-state index contributed by atoms with van der Waals surface area (Å²) >= 11 is 0. The second kappa shape index (κ2) is 7.03. The van der Waals surface area contributed by atoms with E-state index in [-0.39, 0.29) is 23.6 Å². The molecule has 0 N–H and O–H groups in total. The molecule has 4 rings (SSSR count). The minimum absolute atomic E-state index is 0.0101. The smallest absolute Gasteiger partial charge is 0.269 e. The average molecular weight is 371 g/mol. The summed E-state index contributed by atoms with van der Waals surface area (Å²) in [7, 11) is 1.75. The van der Waals surface area contributed by atoms with Crippen molar-refractivity contribution in [2.24, 2.45) is 5.92 Å². The Bertz CT molecular complexity index is 851. The first kappa shape index (κ1) is 17.5. The van der Waals surface area contributed by atoms with Gasteiger partial charge in [-0.15, -0.1) is 0 Å². The van der Waals surface area contributed by atoms with Gasteiger partial charge in [-0.2, -0.15) is 0 Å². The Morgan fingerprint density at radius 2 is 2.26 bits per heavy atom. The Kier molecular flexibility index (Phi) is 4.57. The van der Waals surface area contributed by atoms with E-state index in [1.165, 1.54) is 6.07 Å². The molecule has 142 valence electrons. The number of fused-ring (bicyclic) bond motifs is 3. The number of amides is 1. The molecule has 0 unspecified atom stereocenters. The van der Waals surface area contributed by atoms with Crippen LogP contribution in [0.25, 0.3) is 0 Å². The van der Waals surface area contributed by atoms with Gasteiger partial charge in [-0.1, -0.05) is 0 Å². The number of hydrogen-bond acceptors (Lipinski definition) is 6. The van der Waals surface area contributed by atoms with E-state index in [0.29, 0.717) is 32.7 Å². The number of non-ortho nitro benzene ring substituents is 1. The van der Waals surface area contributed by atoms with Gasteiger partial charge in [-0.25, -0.2) is 0 Å². The zero-order valence-electron chi connectivity index (χ0n) is 15.0. The predicted octanol–water partition coefficient (Wildman–Crippen LogP) is 2.22. The van der Waals surface area contributed by atoms with E-state index in [4.69, 9.17) is 9.15 Å². The van der Waals surface area contributed by atoms with Gasteiger partial charge in [0.25, 0.3) is 5.69 Å². The molecule has 0 radical (unpaired) electrons. The molecule has 8 nitrogen and oxygen atoms in total. The van der Waals surface area contributed by atoms with Gasteiger partial charge in [-0.05, 0) is 30.2 Å². The van der Waals surface area contributed by atoms with Crippen LogP contribution in [-0.4, -0.2) is 48.6 Å². The Morgan fingerprint density at radius 1 is 1.41 bits per heavy atom. The lowest BCUT2D eigenvalue weighted by Gasteiger charge is -2.46. The van der Waals surface area contributed by atoms with Crippen LogP contribution in [0.4, 0.5) is 11.4 Å². The van der Waals surface area contributed by atoms with E-state index in [1.807, 2.05) is 6.07 Å². The van der Waals surface area contributed by atoms with Gasteiger partial charge in [0.2, 0.25) is 5.91 Å². The number of carbonyl (C=O) groups excluding carboxylic acids is 1. The molecule has 2 aromatic rings. The standard InChI is InChI=1S/C19H21N3O5/c1-20(11-15-3-2-7-27-15)19(23)16-10-13-9-14(22(24)25)4-5-17(13)21-6-8-26-12-18(16)21/h2-5,7,9,16,18H,6,8,10-12H2,1H3/t16-,18+/m0/s1. The van der Waals surface area contributed by atoms with Crippen molar-refractivity contribution in [3.05, 3.63) is 58.0 Å². The van der Waals surface area contributed by atoms with E-state index >= 15 is 0 Å². The molecular weight excluding hydrogens is 350 g/mol. The van der Waals surface area contributed by atoms with Gasteiger partial charge >= 0.3 is 0 Å². The first-order chi connectivity index (χ1) is 13.0. The molecule has 1 amide bonds. The minimum Gasteiger partial charge on any atom is -0.467 e. The van der Waals surface area contributed by atoms with Crippen LogP contribution < -0.4 is 4.90 Å². The number of morpholine rings is 1. The molecule has 1 saturated heterocycles. The van der Waals surface area contributed by atoms with Crippen LogP contribution >= 0.6 is 0 Å². The van der Waals surface area contributed by atoms with Crippen LogP contribution in [0.1, 0.15) is 11.3 Å². The van der Waals surface area contributed by atoms with Crippen molar-refractivity contribution >= 4 is 17.3 Å². The molecule has 8 heteroatoms. The number of nitro groups is 1. The zero-order chi connectivity index (χ0) is 19.0. The summed E-state index contributed by atoms with van der Waals surface area (Å²) in [6.07, 6.45) is 2.04. The van der Waals surface area contributed by atoms with Crippen molar-refractivity contribution in [2.45, 2.75) is 19.0 Å². The predicted molar refractivity (Wildman–Crippen MR) is 97.4 cm³/mol. The molecular formula is C19H21N3O5. The van der Waals surface area contributed by atoms with Gasteiger partial charge in [-0.3, -0.25) is 14.9 Å². The number of carbonyl (C=O) groups is 1. The molecule has 0 aliphatic carbocycles. The van der Waals surface area contributed by atoms with Crippen molar-refractivity contribution in [1.29, 1.82) is 0 Å². The number of benzene rings is 1. The monoisotopic (exact) mass is 371 g/mol. The molecule has 1 aromatic carbocycles. The highest BCUT2D eigenvalue weighted by molar-refractivity contribution is 5.82. The van der Waals surface area contributed by atoms with Gasteiger partial charge in [0, 0.05) is 31.4 Å². The third-order valence-corrected chi connectivity index (χ3v) is 5.32. The van der Waals surface area contributed by atoms with Gasteiger partial charge in [0.1, 0.15) is 5.76 Å². The van der Waals surface area contributed by atoms with E-state index in [2.05, 4.69) is 4.90 Å². The number of rotatable bonds is 4. The van der Waals surface area contributed by atoms with Crippen molar-refractivity contribution < 1.29 is 18.9 Å². The highest BCUT2D eigenvalue weighted by Crippen LogP contribution is 2.38. The number of furan rings is 1. The van der Waals surface area contributed by atoms with E-state index in [9.17, 15) is 14.9 Å². The molecule has 0 bridgehead atoms. The van der Waals surface area contributed by atoms with Crippen molar-refractivity contribution in [3.63, 3.8) is 0 Å². The third-order valence-electron chi connectivity index (χ3n) is 5.32.